The minimum Gasteiger partial charge on any atom is -0.300 e. The Bertz CT molecular complexity index is 293. The van der Waals surface area contributed by atoms with E-state index in [1.807, 2.05) is 0 Å². The molecule has 12 heavy (non-hydrogen) atoms. The van der Waals surface area contributed by atoms with Crippen molar-refractivity contribution in [1.82, 2.24) is 0 Å². The first kappa shape index (κ1) is 9.38. The number of hydrogen-bond donors (Lipinski definition) is 1. The average molecular weight is 194 g/mol. The molecule has 0 atom stereocenters. The number of nitrogens with two attached hydrogens (primary N) is 1. The topological polar surface area (TPSA) is 35.2 Å². The molecule has 66 valence electrons. The van der Waals surface area contributed by atoms with Gasteiger partial charge in [0.2, 0.25) is 0 Å². The van der Waals surface area contributed by atoms with E-state index in [0.717, 1.165) is 12.1 Å². The Morgan fingerprint density at radius 3 is 2.67 bits per heavy atom. The van der Waals surface area contributed by atoms with E-state index in [1.54, 1.807) is 0 Å². The van der Waals surface area contributed by atoms with E-state index in [2.05, 4.69) is 10.7 Å². The second kappa shape index (κ2) is 3.80. The van der Waals surface area contributed by atoms with Gasteiger partial charge in [0.1, 0.15) is 11.6 Å². The monoisotopic (exact) mass is 193 g/mol. The quantitative estimate of drug-likeness (QED) is 0.576. The Hall–Kier alpha value is -0.710. The summed E-state index contributed by atoms with van der Waals surface area (Å²) in [6.45, 7) is -0.335. The van der Waals surface area contributed by atoms with Crippen LogP contribution >= 0.6 is 11.6 Å². The van der Waals surface area contributed by atoms with E-state index in [4.69, 9.17) is 11.6 Å². The molecule has 0 heterocycles. The molecule has 0 unspecified atom stereocenters. The maximum atomic E-state index is 12.9. The van der Waals surface area contributed by atoms with Crippen LogP contribution in [0.5, 0.6) is 0 Å². The van der Waals surface area contributed by atoms with Crippen LogP contribution in [-0.4, -0.2) is 0 Å². The first-order chi connectivity index (χ1) is 5.66. The van der Waals surface area contributed by atoms with Crippen LogP contribution < -0.4 is 5.90 Å². The summed E-state index contributed by atoms with van der Waals surface area (Å²) < 4.78 is 25.7. The van der Waals surface area contributed by atoms with Crippen molar-refractivity contribution in [2.75, 3.05) is 0 Å². The lowest BCUT2D eigenvalue weighted by Crippen LogP contribution is -2.04. The molecule has 1 rings (SSSR count). The van der Waals surface area contributed by atoms with Crippen LogP contribution in [-0.2, 0) is 11.4 Å². The molecule has 0 bridgehead atoms. The highest BCUT2D eigenvalue weighted by molar-refractivity contribution is 6.30. The molecule has 0 aliphatic carbocycles. The minimum absolute atomic E-state index is 0.150. The molecule has 2 nitrogen and oxygen atoms in total. The van der Waals surface area contributed by atoms with Gasteiger partial charge in [0.15, 0.2) is 0 Å². The van der Waals surface area contributed by atoms with Crippen molar-refractivity contribution < 1.29 is 13.6 Å². The Morgan fingerprint density at radius 2 is 2.08 bits per heavy atom. The van der Waals surface area contributed by atoms with Crippen molar-refractivity contribution in [3.63, 3.8) is 0 Å². The summed E-state index contributed by atoms with van der Waals surface area (Å²) in [4.78, 5) is 4.11. The fourth-order valence-corrected chi connectivity index (χ4v) is 0.962. The SMILES string of the molecule is NOCc1c(F)ccc(Cl)c1F. The fourth-order valence-electron chi connectivity index (χ4n) is 0.785. The second-order valence-corrected chi connectivity index (χ2v) is 2.54. The highest BCUT2D eigenvalue weighted by atomic mass is 35.5. The van der Waals surface area contributed by atoms with Crippen LogP contribution in [0.2, 0.25) is 5.02 Å². The lowest BCUT2D eigenvalue weighted by atomic mass is 10.2. The molecule has 5 heteroatoms. The summed E-state index contributed by atoms with van der Waals surface area (Å²) in [5.41, 5.74) is -0.259. The lowest BCUT2D eigenvalue weighted by molar-refractivity contribution is 0.119. The maximum Gasteiger partial charge on any atom is 0.150 e. The third kappa shape index (κ3) is 1.72. The third-order valence-corrected chi connectivity index (χ3v) is 1.66. The molecule has 0 fully saturated rings. The van der Waals surface area contributed by atoms with Crippen LogP contribution in [0, 0.1) is 11.6 Å². The zero-order chi connectivity index (χ0) is 9.14. The number of hydrogen-bond acceptors (Lipinski definition) is 2. The van der Waals surface area contributed by atoms with E-state index < -0.39 is 11.6 Å². The normalized spacial score (nSPS) is 10.3. The highest BCUT2D eigenvalue weighted by Gasteiger charge is 2.11. The summed E-state index contributed by atoms with van der Waals surface area (Å²) in [6.07, 6.45) is 0. The summed E-state index contributed by atoms with van der Waals surface area (Å²) in [6, 6.07) is 2.19. The summed E-state index contributed by atoms with van der Waals surface area (Å²) in [7, 11) is 0. The van der Waals surface area contributed by atoms with Gasteiger partial charge in [-0.1, -0.05) is 11.6 Å². The summed E-state index contributed by atoms with van der Waals surface area (Å²) in [5, 5.41) is -0.150. The lowest BCUT2D eigenvalue weighted by Gasteiger charge is -2.03. The van der Waals surface area contributed by atoms with Gasteiger partial charge >= 0.3 is 0 Å². The van der Waals surface area contributed by atoms with Crippen LogP contribution in [0.4, 0.5) is 8.78 Å². The molecule has 0 saturated heterocycles. The zero-order valence-corrected chi connectivity index (χ0v) is 6.74. The van der Waals surface area contributed by atoms with Crippen LogP contribution in [0.25, 0.3) is 0 Å². The van der Waals surface area contributed by atoms with E-state index in [9.17, 15) is 8.78 Å². The van der Waals surface area contributed by atoms with Gasteiger partial charge in [-0.2, -0.15) is 0 Å². The van der Waals surface area contributed by atoms with Gasteiger partial charge in [0, 0.05) is 0 Å². The maximum absolute atomic E-state index is 12.9. The smallest absolute Gasteiger partial charge is 0.150 e. The number of rotatable bonds is 2. The Morgan fingerprint density at radius 1 is 1.42 bits per heavy atom. The van der Waals surface area contributed by atoms with Crippen molar-refractivity contribution in [2.24, 2.45) is 5.90 Å². The first-order valence-electron chi connectivity index (χ1n) is 3.11. The minimum atomic E-state index is -0.831. The van der Waals surface area contributed by atoms with Gasteiger partial charge in [-0.3, -0.25) is 4.84 Å². The molecular formula is C7H6ClF2NO. The first-order valence-corrected chi connectivity index (χ1v) is 3.48. The van der Waals surface area contributed by atoms with Gasteiger partial charge < -0.3 is 0 Å². The van der Waals surface area contributed by atoms with Crippen molar-refractivity contribution >= 4 is 11.6 Å². The molecular weight excluding hydrogens is 188 g/mol. The Balaban J connectivity index is 3.14. The average Bonchev–Trinajstić information content (AvgIpc) is 2.06. The molecule has 0 radical (unpaired) electrons. The van der Waals surface area contributed by atoms with Crippen molar-refractivity contribution in [3.05, 3.63) is 34.4 Å². The molecule has 1 aromatic rings. The highest BCUT2D eigenvalue weighted by Crippen LogP contribution is 2.21. The number of benzene rings is 1. The van der Waals surface area contributed by atoms with E-state index in [-0.39, 0.29) is 17.2 Å². The Kier molecular flexibility index (Phi) is 2.97. The summed E-state index contributed by atoms with van der Waals surface area (Å²) in [5.74, 6) is 3.12. The van der Waals surface area contributed by atoms with Crippen LogP contribution in [0.1, 0.15) is 5.56 Å². The van der Waals surface area contributed by atoms with Gasteiger partial charge in [0.05, 0.1) is 17.2 Å². The molecule has 2 N–H and O–H groups in total. The molecule has 0 amide bonds. The third-order valence-electron chi connectivity index (χ3n) is 1.37. The van der Waals surface area contributed by atoms with Gasteiger partial charge in [0.25, 0.3) is 0 Å². The molecule has 0 aliphatic heterocycles. The molecule has 0 saturated carbocycles. The van der Waals surface area contributed by atoms with Gasteiger partial charge in [-0.15, -0.1) is 0 Å². The van der Waals surface area contributed by atoms with E-state index in [1.165, 1.54) is 0 Å². The van der Waals surface area contributed by atoms with Crippen molar-refractivity contribution in [2.45, 2.75) is 6.61 Å². The predicted octanol–water partition coefficient (Wildman–Crippen LogP) is 2.01. The molecule has 1 aromatic carbocycles. The zero-order valence-electron chi connectivity index (χ0n) is 5.98. The van der Waals surface area contributed by atoms with E-state index in [0.29, 0.717) is 0 Å². The fraction of sp³-hybridized carbons (Fsp3) is 0.143. The van der Waals surface area contributed by atoms with Crippen molar-refractivity contribution in [1.29, 1.82) is 0 Å². The standard InChI is InChI=1S/C7H6ClF2NO/c8-5-1-2-6(9)4(3-12-11)7(5)10/h1-2H,3,11H2. The molecule has 0 aromatic heterocycles. The molecule has 0 spiro atoms. The van der Waals surface area contributed by atoms with Crippen molar-refractivity contribution in [3.8, 4) is 0 Å². The van der Waals surface area contributed by atoms with E-state index >= 15 is 0 Å². The predicted molar refractivity (Wildman–Crippen MR) is 40.3 cm³/mol. The van der Waals surface area contributed by atoms with Crippen LogP contribution in [0.15, 0.2) is 12.1 Å². The number of halogens is 3. The van der Waals surface area contributed by atoms with Gasteiger partial charge in [-0.25, -0.2) is 14.7 Å². The summed E-state index contributed by atoms with van der Waals surface area (Å²) >= 11 is 5.38. The molecule has 0 aliphatic rings. The Labute approximate surface area is 72.8 Å². The second-order valence-electron chi connectivity index (χ2n) is 2.13. The van der Waals surface area contributed by atoms with Crippen LogP contribution in [0.3, 0.4) is 0 Å². The largest absolute Gasteiger partial charge is 0.300 e. The van der Waals surface area contributed by atoms with Gasteiger partial charge in [-0.05, 0) is 12.1 Å².